The SMILES string of the molecule is O=C1NN=C(Cc2ccc(F)c(C(=O)N3CCN(C(=O)C4=Cc5[nH]cnc5CC4)CC3)c2)C2CCCCC12. The second kappa shape index (κ2) is 10.2. The number of rotatable bonds is 4. The minimum atomic E-state index is -0.561. The van der Waals surface area contributed by atoms with Crippen LogP contribution < -0.4 is 5.43 Å². The number of hydrogen-bond acceptors (Lipinski definition) is 5. The van der Waals surface area contributed by atoms with Crippen LogP contribution in [0.2, 0.25) is 0 Å². The molecule has 0 spiro atoms. The molecule has 38 heavy (non-hydrogen) atoms. The lowest BCUT2D eigenvalue weighted by molar-refractivity contribution is -0.129. The van der Waals surface area contributed by atoms with Crippen LogP contribution in [0, 0.1) is 17.7 Å². The molecule has 1 aromatic carbocycles. The van der Waals surface area contributed by atoms with Crippen molar-refractivity contribution in [3.8, 4) is 0 Å². The van der Waals surface area contributed by atoms with E-state index in [1.54, 1.807) is 28.3 Å². The molecule has 9 nitrogen and oxygen atoms in total. The largest absolute Gasteiger partial charge is 0.345 e. The Hall–Kier alpha value is -3.82. The quantitative estimate of drug-likeness (QED) is 0.648. The van der Waals surface area contributed by atoms with E-state index < -0.39 is 5.82 Å². The Morgan fingerprint density at radius 3 is 2.53 bits per heavy atom. The topological polar surface area (TPSA) is 111 Å². The number of H-pyrrole nitrogens is 1. The number of aromatic amines is 1. The number of carbonyl (C=O) groups is 3. The maximum Gasteiger partial charge on any atom is 0.256 e. The fraction of sp³-hybridized carbons (Fsp3) is 0.464. The molecule has 4 aliphatic rings. The molecule has 2 aliphatic heterocycles. The van der Waals surface area contributed by atoms with Crippen molar-refractivity contribution in [3.05, 3.63) is 58.4 Å². The number of carbonyl (C=O) groups excluding carboxylic acids is 3. The first kappa shape index (κ1) is 24.5. The molecule has 3 heterocycles. The molecule has 6 rings (SSSR count). The van der Waals surface area contributed by atoms with E-state index in [1.807, 2.05) is 6.08 Å². The van der Waals surface area contributed by atoms with E-state index in [0.717, 1.165) is 60.3 Å². The van der Waals surface area contributed by atoms with Crippen LogP contribution in [0.3, 0.4) is 0 Å². The average molecular weight is 519 g/mol. The lowest BCUT2D eigenvalue weighted by Gasteiger charge is -2.35. The normalized spacial score (nSPS) is 23.1. The van der Waals surface area contributed by atoms with E-state index in [2.05, 4.69) is 20.5 Å². The van der Waals surface area contributed by atoms with Crippen LogP contribution in [0.4, 0.5) is 4.39 Å². The number of benzene rings is 1. The van der Waals surface area contributed by atoms with Crippen LogP contribution in [0.5, 0.6) is 0 Å². The smallest absolute Gasteiger partial charge is 0.256 e. The highest BCUT2D eigenvalue weighted by molar-refractivity contribution is 5.99. The summed E-state index contributed by atoms with van der Waals surface area (Å²) >= 11 is 0. The van der Waals surface area contributed by atoms with Gasteiger partial charge in [0.05, 0.1) is 23.3 Å². The van der Waals surface area contributed by atoms with E-state index in [4.69, 9.17) is 0 Å². The molecule has 2 fully saturated rings. The van der Waals surface area contributed by atoms with Crippen molar-refractivity contribution in [2.24, 2.45) is 16.9 Å². The zero-order valence-electron chi connectivity index (χ0n) is 21.2. The summed E-state index contributed by atoms with van der Waals surface area (Å²) in [5.74, 6) is -0.919. The van der Waals surface area contributed by atoms with E-state index in [1.165, 1.54) is 6.07 Å². The lowest BCUT2D eigenvalue weighted by Crippen LogP contribution is -2.51. The second-order valence-electron chi connectivity index (χ2n) is 10.6. The number of hydrogen-bond donors (Lipinski definition) is 2. The van der Waals surface area contributed by atoms with Gasteiger partial charge in [-0.25, -0.2) is 14.8 Å². The van der Waals surface area contributed by atoms with Crippen molar-refractivity contribution in [2.45, 2.75) is 44.9 Å². The minimum Gasteiger partial charge on any atom is -0.345 e. The summed E-state index contributed by atoms with van der Waals surface area (Å²) < 4.78 is 14.8. The molecule has 0 radical (unpaired) electrons. The fourth-order valence-electron chi connectivity index (χ4n) is 6.17. The van der Waals surface area contributed by atoms with Gasteiger partial charge in [-0.3, -0.25) is 14.4 Å². The predicted molar refractivity (Wildman–Crippen MR) is 138 cm³/mol. The van der Waals surface area contributed by atoms with Crippen LogP contribution >= 0.6 is 0 Å². The second-order valence-corrected chi connectivity index (χ2v) is 10.6. The molecule has 0 bridgehead atoms. The van der Waals surface area contributed by atoms with Crippen molar-refractivity contribution in [1.29, 1.82) is 0 Å². The highest BCUT2D eigenvalue weighted by Crippen LogP contribution is 2.34. The van der Waals surface area contributed by atoms with E-state index in [-0.39, 0.29) is 35.1 Å². The summed E-state index contributed by atoms with van der Waals surface area (Å²) in [6, 6.07) is 4.63. The standard InChI is InChI=1S/C28H31FN6O3/c29-22-7-5-17(14-24-19-3-1-2-4-20(19)26(36)33-32-24)13-21(22)28(38)35-11-9-34(10-12-35)27(37)18-6-8-23-25(15-18)31-16-30-23/h5,7,13,15-16,19-20H,1-4,6,8-12,14H2,(H,30,31)(H,33,36). The summed E-state index contributed by atoms with van der Waals surface area (Å²) in [6.45, 7) is 1.50. The molecule has 2 N–H and O–H groups in total. The third-order valence-electron chi connectivity index (χ3n) is 8.32. The predicted octanol–water partition coefficient (Wildman–Crippen LogP) is 2.70. The molecule has 2 aromatic rings. The number of nitrogens with one attached hydrogen (secondary N) is 2. The Bertz CT molecular complexity index is 1340. The number of fused-ring (bicyclic) bond motifs is 2. The number of aromatic nitrogens is 2. The number of imidazole rings is 1. The van der Waals surface area contributed by atoms with Gasteiger partial charge in [0.2, 0.25) is 11.8 Å². The highest BCUT2D eigenvalue weighted by Gasteiger charge is 2.37. The van der Waals surface area contributed by atoms with Crippen molar-refractivity contribution in [3.63, 3.8) is 0 Å². The van der Waals surface area contributed by atoms with Gasteiger partial charge in [0.15, 0.2) is 0 Å². The average Bonchev–Trinajstić information content (AvgIpc) is 3.43. The Morgan fingerprint density at radius 1 is 1.00 bits per heavy atom. The maximum absolute atomic E-state index is 14.8. The molecular formula is C28H31FN6O3. The molecule has 2 unspecified atom stereocenters. The van der Waals surface area contributed by atoms with Crippen LogP contribution in [0.25, 0.3) is 6.08 Å². The van der Waals surface area contributed by atoms with Gasteiger partial charge < -0.3 is 14.8 Å². The molecule has 198 valence electrons. The third kappa shape index (κ3) is 4.63. The Balaban J connectivity index is 1.11. The number of aryl methyl sites for hydroxylation is 1. The Kier molecular flexibility index (Phi) is 6.55. The molecular weight excluding hydrogens is 487 g/mol. The van der Waals surface area contributed by atoms with E-state index >= 15 is 0 Å². The van der Waals surface area contributed by atoms with Gasteiger partial charge in [0.1, 0.15) is 5.82 Å². The zero-order chi connectivity index (χ0) is 26.2. The minimum absolute atomic E-state index is 0.0168. The van der Waals surface area contributed by atoms with E-state index in [0.29, 0.717) is 39.0 Å². The molecule has 3 amide bonds. The van der Waals surface area contributed by atoms with Crippen LogP contribution in [0.15, 0.2) is 35.2 Å². The number of hydrazone groups is 1. The van der Waals surface area contributed by atoms with Gasteiger partial charge in [-0.2, -0.15) is 5.10 Å². The van der Waals surface area contributed by atoms with Gasteiger partial charge >= 0.3 is 0 Å². The molecule has 2 aliphatic carbocycles. The molecule has 1 saturated heterocycles. The summed E-state index contributed by atoms with van der Waals surface area (Å²) in [6.07, 6.45) is 9.23. The first-order valence-corrected chi connectivity index (χ1v) is 13.4. The Morgan fingerprint density at radius 2 is 1.74 bits per heavy atom. The summed E-state index contributed by atoms with van der Waals surface area (Å²) in [5.41, 5.74) is 6.96. The van der Waals surface area contributed by atoms with Gasteiger partial charge in [-0.1, -0.05) is 18.9 Å². The molecule has 1 saturated carbocycles. The van der Waals surface area contributed by atoms with Crippen LogP contribution in [-0.4, -0.2) is 69.4 Å². The highest BCUT2D eigenvalue weighted by atomic mass is 19.1. The molecule has 1 aromatic heterocycles. The first-order chi connectivity index (χ1) is 18.5. The van der Waals surface area contributed by atoms with Crippen molar-refractivity contribution in [2.75, 3.05) is 26.2 Å². The van der Waals surface area contributed by atoms with Crippen molar-refractivity contribution >= 4 is 29.5 Å². The van der Waals surface area contributed by atoms with Gasteiger partial charge in [0.25, 0.3) is 5.91 Å². The van der Waals surface area contributed by atoms with Crippen LogP contribution in [-0.2, 0) is 22.4 Å². The summed E-state index contributed by atoms with van der Waals surface area (Å²) in [5, 5.41) is 4.33. The van der Waals surface area contributed by atoms with Crippen molar-refractivity contribution < 1.29 is 18.8 Å². The fourth-order valence-corrected chi connectivity index (χ4v) is 6.17. The first-order valence-electron chi connectivity index (χ1n) is 13.4. The molecule has 10 heteroatoms. The van der Waals surface area contributed by atoms with Crippen LogP contribution in [0.1, 0.15) is 59.4 Å². The lowest BCUT2D eigenvalue weighted by atomic mass is 9.74. The van der Waals surface area contributed by atoms with Gasteiger partial charge in [0, 0.05) is 55.7 Å². The zero-order valence-corrected chi connectivity index (χ0v) is 21.2. The maximum atomic E-state index is 14.8. The number of halogens is 1. The molecule has 2 atom stereocenters. The number of nitrogens with zero attached hydrogens (tertiary/aromatic N) is 4. The van der Waals surface area contributed by atoms with Crippen molar-refractivity contribution in [1.82, 2.24) is 25.2 Å². The summed E-state index contributed by atoms with van der Waals surface area (Å²) in [7, 11) is 0. The Labute approximate surface area is 220 Å². The van der Waals surface area contributed by atoms with E-state index in [9.17, 15) is 18.8 Å². The summed E-state index contributed by atoms with van der Waals surface area (Å²) in [4.78, 5) is 49.3. The van der Waals surface area contributed by atoms with Gasteiger partial charge in [-0.15, -0.1) is 0 Å². The monoisotopic (exact) mass is 518 g/mol. The third-order valence-corrected chi connectivity index (χ3v) is 8.32. The number of piperazine rings is 1. The number of amides is 3. The van der Waals surface area contributed by atoms with Gasteiger partial charge in [-0.05, 0) is 49.5 Å².